The van der Waals surface area contributed by atoms with Gasteiger partial charge >= 0.3 is 5.97 Å². The zero-order valence-corrected chi connectivity index (χ0v) is 10.4. The molecule has 3 unspecified atom stereocenters. The molecule has 0 saturated heterocycles. The smallest absolute Gasteiger partial charge is 0.314 e. The molecule has 0 aromatic heterocycles. The minimum absolute atomic E-state index is 0.0122. The number of primary amides is 1. The fourth-order valence-corrected chi connectivity index (χ4v) is 3.51. The van der Waals surface area contributed by atoms with Gasteiger partial charge in [0.15, 0.2) is 0 Å². The van der Waals surface area contributed by atoms with Crippen molar-refractivity contribution in [1.29, 1.82) is 0 Å². The van der Waals surface area contributed by atoms with E-state index in [0.29, 0.717) is 23.5 Å². The maximum absolute atomic E-state index is 11.8. The van der Waals surface area contributed by atoms with Gasteiger partial charge in [-0.15, -0.1) is 0 Å². The zero-order valence-electron chi connectivity index (χ0n) is 10.4. The summed E-state index contributed by atoms with van der Waals surface area (Å²) in [5, 5.41) is 9.72. The van der Waals surface area contributed by atoms with E-state index in [1.54, 1.807) is 24.3 Å². The molecule has 4 nitrogen and oxygen atoms in total. The molecule has 19 heavy (non-hydrogen) atoms. The fraction of sp³-hybridized carbons (Fsp3) is 0.333. The predicted molar refractivity (Wildman–Crippen MR) is 69.6 cm³/mol. The standard InChI is InChI=1S/C15H15NO3/c16-13(17)10-2-1-3-11(7-10)15(14(18)19)8-9-4-5-12(15)6-9/h1-5,7,9,12H,6,8H2,(H2,16,17)(H,18,19). The van der Waals surface area contributed by atoms with E-state index in [9.17, 15) is 14.7 Å². The maximum atomic E-state index is 11.8. The molecule has 0 radical (unpaired) electrons. The predicted octanol–water partition coefficient (Wildman–Crippen LogP) is 1.70. The molecule has 3 atom stereocenters. The second-order valence-corrected chi connectivity index (χ2v) is 5.41. The van der Waals surface area contributed by atoms with E-state index in [-0.39, 0.29) is 5.92 Å². The Morgan fingerprint density at radius 3 is 2.63 bits per heavy atom. The van der Waals surface area contributed by atoms with Crippen molar-refractivity contribution in [3.8, 4) is 0 Å². The largest absolute Gasteiger partial charge is 0.481 e. The third-order valence-electron chi connectivity index (χ3n) is 4.43. The van der Waals surface area contributed by atoms with E-state index in [0.717, 1.165) is 6.42 Å². The average molecular weight is 257 g/mol. The van der Waals surface area contributed by atoms with E-state index < -0.39 is 17.3 Å². The Morgan fingerprint density at radius 2 is 2.11 bits per heavy atom. The highest BCUT2D eigenvalue weighted by molar-refractivity contribution is 5.93. The molecule has 1 amide bonds. The summed E-state index contributed by atoms with van der Waals surface area (Å²) >= 11 is 0. The average Bonchev–Trinajstić information content (AvgIpc) is 2.99. The monoisotopic (exact) mass is 257 g/mol. The van der Waals surface area contributed by atoms with Gasteiger partial charge < -0.3 is 10.8 Å². The number of carboxylic acid groups (broad SMARTS) is 1. The number of carbonyl (C=O) groups excluding carboxylic acids is 1. The van der Waals surface area contributed by atoms with E-state index in [2.05, 4.69) is 6.08 Å². The van der Waals surface area contributed by atoms with Crippen LogP contribution in [0, 0.1) is 11.8 Å². The van der Waals surface area contributed by atoms with Crippen LogP contribution in [0.4, 0.5) is 0 Å². The van der Waals surface area contributed by atoms with Crippen molar-refractivity contribution >= 4 is 11.9 Å². The number of fused-ring (bicyclic) bond motifs is 2. The first-order chi connectivity index (χ1) is 9.04. The Hall–Kier alpha value is -2.10. The van der Waals surface area contributed by atoms with Gasteiger partial charge in [0, 0.05) is 5.56 Å². The van der Waals surface area contributed by atoms with Crippen LogP contribution in [0.1, 0.15) is 28.8 Å². The van der Waals surface area contributed by atoms with Gasteiger partial charge in [-0.1, -0.05) is 24.3 Å². The molecule has 0 aliphatic heterocycles. The normalized spacial score (nSPS) is 31.6. The molecule has 4 heteroatoms. The van der Waals surface area contributed by atoms with Gasteiger partial charge in [-0.3, -0.25) is 9.59 Å². The van der Waals surface area contributed by atoms with Gasteiger partial charge in [0.25, 0.3) is 0 Å². The molecule has 0 heterocycles. The molecule has 2 aliphatic carbocycles. The summed E-state index contributed by atoms with van der Waals surface area (Å²) in [5.74, 6) is -0.997. The summed E-state index contributed by atoms with van der Waals surface area (Å²) in [6, 6.07) is 6.74. The Bertz CT molecular complexity index is 593. The Labute approximate surface area is 110 Å². The molecule has 1 saturated carbocycles. The van der Waals surface area contributed by atoms with Crippen LogP contribution in [0.25, 0.3) is 0 Å². The van der Waals surface area contributed by atoms with Crippen LogP contribution in [0.2, 0.25) is 0 Å². The molecule has 1 fully saturated rings. The van der Waals surface area contributed by atoms with Gasteiger partial charge in [-0.05, 0) is 42.4 Å². The SMILES string of the molecule is NC(=O)c1cccc(C2(C(=O)O)CC3C=CC2C3)c1. The van der Waals surface area contributed by atoms with Crippen molar-refractivity contribution in [2.45, 2.75) is 18.3 Å². The summed E-state index contributed by atoms with van der Waals surface area (Å²) < 4.78 is 0. The fourth-order valence-electron chi connectivity index (χ4n) is 3.51. The van der Waals surface area contributed by atoms with E-state index in [1.165, 1.54) is 0 Å². The van der Waals surface area contributed by atoms with Crippen LogP contribution in [0.3, 0.4) is 0 Å². The molecule has 3 rings (SSSR count). The lowest BCUT2D eigenvalue weighted by Crippen LogP contribution is -2.39. The van der Waals surface area contributed by atoms with Crippen LogP contribution < -0.4 is 5.73 Å². The van der Waals surface area contributed by atoms with Crippen molar-refractivity contribution in [1.82, 2.24) is 0 Å². The Balaban J connectivity index is 2.12. The Kier molecular flexibility index (Phi) is 2.49. The second kappa shape index (κ2) is 3.95. The quantitative estimate of drug-likeness (QED) is 0.809. The van der Waals surface area contributed by atoms with Crippen molar-refractivity contribution in [2.24, 2.45) is 17.6 Å². The summed E-state index contributed by atoms with van der Waals surface area (Å²) in [4.78, 5) is 23.1. The molecule has 1 aromatic carbocycles. The molecule has 2 bridgehead atoms. The lowest BCUT2D eigenvalue weighted by molar-refractivity contribution is -0.145. The van der Waals surface area contributed by atoms with Gasteiger partial charge in [0.2, 0.25) is 5.91 Å². The van der Waals surface area contributed by atoms with Gasteiger partial charge in [-0.25, -0.2) is 0 Å². The first-order valence-corrected chi connectivity index (χ1v) is 6.36. The molecule has 2 aliphatic rings. The van der Waals surface area contributed by atoms with Crippen LogP contribution in [-0.4, -0.2) is 17.0 Å². The third-order valence-corrected chi connectivity index (χ3v) is 4.43. The molecular weight excluding hydrogens is 242 g/mol. The molecule has 3 N–H and O–H groups in total. The number of nitrogens with two attached hydrogens (primary N) is 1. The van der Waals surface area contributed by atoms with Crippen LogP contribution in [0.5, 0.6) is 0 Å². The number of hydrogen-bond acceptors (Lipinski definition) is 2. The maximum Gasteiger partial charge on any atom is 0.314 e. The van der Waals surface area contributed by atoms with Gasteiger partial charge in [-0.2, -0.15) is 0 Å². The van der Waals surface area contributed by atoms with E-state index >= 15 is 0 Å². The van der Waals surface area contributed by atoms with Crippen LogP contribution >= 0.6 is 0 Å². The molecule has 1 aromatic rings. The summed E-state index contributed by atoms with van der Waals surface area (Å²) in [5.41, 5.74) is 5.43. The number of rotatable bonds is 3. The third kappa shape index (κ3) is 1.59. The first kappa shape index (κ1) is 12.0. The number of carboxylic acids is 1. The van der Waals surface area contributed by atoms with Crippen molar-refractivity contribution < 1.29 is 14.7 Å². The highest BCUT2D eigenvalue weighted by Gasteiger charge is 2.54. The minimum Gasteiger partial charge on any atom is -0.481 e. The number of aliphatic carboxylic acids is 1. The summed E-state index contributed by atoms with van der Waals surface area (Å²) in [7, 11) is 0. The number of carbonyl (C=O) groups is 2. The number of allylic oxidation sites excluding steroid dienone is 2. The molecule has 98 valence electrons. The van der Waals surface area contributed by atoms with Crippen molar-refractivity contribution in [2.75, 3.05) is 0 Å². The first-order valence-electron chi connectivity index (χ1n) is 6.36. The highest BCUT2D eigenvalue weighted by Crippen LogP contribution is 2.53. The van der Waals surface area contributed by atoms with Crippen molar-refractivity contribution in [3.63, 3.8) is 0 Å². The van der Waals surface area contributed by atoms with Crippen LogP contribution in [0.15, 0.2) is 36.4 Å². The number of benzene rings is 1. The van der Waals surface area contributed by atoms with Crippen molar-refractivity contribution in [3.05, 3.63) is 47.5 Å². The van der Waals surface area contributed by atoms with Crippen LogP contribution in [-0.2, 0) is 10.2 Å². The van der Waals surface area contributed by atoms with Gasteiger partial charge in [0.1, 0.15) is 0 Å². The van der Waals surface area contributed by atoms with E-state index in [4.69, 9.17) is 5.73 Å². The minimum atomic E-state index is -0.898. The lowest BCUT2D eigenvalue weighted by Gasteiger charge is -2.31. The molecular formula is C15H15NO3. The topological polar surface area (TPSA) is 80.4 Å². The number of hydrogen-bond donors (Lipinski definition) is 2. The molecule has 0 spiro atoms. The summed E-state index contributed by atoms with van der Waals surface area (Å²) in [6.07, 6.45) is 5.59. The van der Waals surface area contributed by atoms with Gasteiger partial charge in [0.05, 0.1) is 5.41 Å². The lowest BCUT2D eigenvalue weighted by atomic mass is 9.70. The zero-order chi connectivity index (χ0) is 13.6. The summed E-state index contributed by atoms with van der Waals surface area (Å²) in [6.45, 7) is 0. The highest BCUT2D eigenvalue weighted by atomic mass is 16.4. The Morgan fingerprint density at radius 1 is 1.32 bits per heavy atom. The number of amides is 1. The second-order valence-electron chi connectivity index (χ2n) is 5.41. The van der Waals surface area contributed by atoms with E-state index in [1.807, 2.05) is 6.08 Å².